The highest BCUT2D eigenvalue weighted by molar-refractivity contribution is 7.99. The van der Waals surface area contributed by atoms with Gasteiger partial charge in [0.15, 0.2) is 11.0 Å². The van der Waals surface area contributed by atoms with Crippen molar-refractivity contribution in [3.8, 4) is 11.4 Å². The number of carbonyl (C=O) groups excluding carboxylic acids is 2. The number of carbonyl (C=O) groups is 2. The maximum atomic E-state index is 11.6. The lowest BCUT2D eigenvalue weighted by Gasteiger charge is -2.08. The summed E-state index contributed by atoms with van der Waals surface area (Å²) in [5.41, 5.74) is 5.84. The van der Waals surface area contributed by atoms with Crippen molar-refractivity contribution < 1.29 is 14.0 Å². The molecule has 0 aliphatic carbocycles. The molecule has 9 heteroatoms. The fourth-order valence-electron chi connectivity index (χ4n) is 2.20. The molecule has 3 N–H and O–H groups in total. The largest absolute Gasteiger partial charge is 0.467 e. The van der Waals surface area contributed by atoms with Crippen LogP contribution in [0.1, 0.15) is 5.76 Å². The Bertz CT molecular complexity index is 861. The number of nitrogens with two attached hydrogens (primary N) is 1. The zero-order valence-corrected chi connectivity index (χ0v) is 13.9. The van der Waals surface area contributed by atoms with E-state index in [1.807, 2.05) is 46.3 Å². The Balaban J connectivity index is 1.86. The number of nitrogens with zero attached hydrogens (tertiary/aromatic N) is 3. The molecular weight excluding hydrogens is 342 g/mol. The second-order valence-electron chi connectivity index (χ2n) is 5.04. The number of hydrogen-bond acceptors (Lipinski definition) is 6. The Morgan fingerprint density at radius 1 is 1.16 bits per heavy atom. The van der Waals surface area contributed by atoms with Crippen LogP contribution >= 0.6 is 11.8 Å². The molecule has 1 aromatic carbocycles. The van der Waals surface area contributed by atoms with Crippen molar-refractivity contribution in [3.05, 3.63) is 54.5 Å². The van der Waals surface area contributed by atoms with Gasteiger partial charge in [-0.2, -0.15) is 0 Å². The van der Waals surface area contributed by atoms with Crippen LogP contribution in [-0.4, -0.2) is 32.5 Å². The highest BCUT2D eigenvalue weighted by atomic mass is 32.2. The third-order valence-electron chi connectivity index (χ3n) is 3.24. The van der Waals surface area contributed by atoms with Crippen molar-refractivity contribution in [3.63, 3.8) is 0 Å². The van der Waals surface area contributed by atoms with Gasteiger partial charge in [0.1, 0.15) is 5.76 Å². The molecule has 0 fully saturated rings. The number of hydrogen-bond donors (Lipinski definition) is 2. The highest BCUT2D eigenvalue weighted by Gasteiger charge is 2.17. The first-order valence-electron chi connectivity index (χ1n) is 7.36. The Kier molecular flexibility index (Phi) is 5.14. The van der Waals surface area contributed by atoms with Crippen molar-refractivity contribution in [2.75, 3.05) is 5.75 Å². The monoisotopic (exact) mass is 357 g/mol. The molecule has 2 aromatic heterocycles. The van der Waals surface area contributed by atoms with Crippen LogP contribution in [0.4, 0.5) is 4.79 Å². The summed E-state index contributed by atoms with van der Waals surface area (Å²) in [6.45, 7) is 0.421. The lowest BCUT2D eigenvalue weighted by atomic mass is 10.2. The number of nitrogens with one attached hydrogen (secondary N) is 1. The molecule has 0 bridgehead atoms. The first-order valence-corrected chi connectivity index (χ1v) is 8.35. The number of aromatic nitrogens is 3. The Hall–Kier alpha value is -3.07. The van der Waals surface area contributed by atoms with Gasteiger partial charge in [0.05, 0.1) is 18.6 Å². The van der Waals surface area contributed by atoms with Crippen LogP contribution in [-0.2, 0) is 11.3 Å². The predicted molar refractivity (Wildman–Crippen MR) is 91.7 cm³/mol. The number of imide groups is 1. The summed E-state index contributed by atoms with van der Waals surface area (Å²) in [5, 5.41) is 11.0. The highest BCUT2D eigenvalue weighted by Crippen LogP contribution is 2.25. The maximum Gasteiger partial charge on any atom is 0.318 e. The summed E-state index contributed by atoms with van der Waals surface area (Å²) in [7, 11) is 0. The molecule has 25 heavy (non-hydrogen) atoms. The van der Waals surface area contributed by atoms with Gasteiger partial charge in [-0.1, -0.05) is 42.1 Å². The second kappa shape index (κ2) is 7.67. The molecule has 0 saturated carbocycles. The number of furan rings is 1. The van der Waals surface area contributed by atoms with E-state index in [4.69, 9.17) is 10.2 Å². The number of benzene rings is 1. The summed E-state index contributed by atoms with van der Waals surface area (Å²) in [5.74, 6) is 0.898. The molecule has 3 rings (SSSR count). The van der Waals surface area contributed by atoms with Crippen molar-refractivity contribution in [1.82, 2.24) is 20.1 Å². The third-order valence-corrected chi connectivity index (χ3v) is 4.20. The first kappa shape index (κ1) is 16.8. The van der Waals surface area contributed by atoms with Gasteiger partial charge < -0.3 is 10.2 Å². The molecule has 0 radical (unpaired) electrons. The van der Waals surface area contributed by atoms with Gasteiger partial charge in [-0.25, -0.2) is 4.79 Å². The molecule has 0 spiro atoms. The number of amides is 3. The molecular formula is C16H15N5O3S. The van der Waals surface area contributed by atoms with Gasteiger partial charge in [0, 0.05) is 5.56 Å². The van der Waals surface area contributed by atoms with Gasteiger partial charge in [-0.15, -0.1) is 10.2 Å². The molecule has 8 nitrogen and oxygen atoms in total. The summed E-state index contributed by atoms with van der Waals surface area (Å²) in [6, 6.07) is 12.4. The zero-order chi connectivity index (χ0) is 17.6. The number of thioether (sulfide) groups is 1. The van der Waals surface area contributed by atoms with E-state index >= 15 is 0 Å². The summed E-state index contributed by atoms with van der Waals surface area (Å²) in [6.07, 6.45) is 1.59. The summed E-state index contributed by atoms with van der Waals surface area (Å²) >= 11 is 1.16. The van der Waals surface area contributed by atoms with Crippen molar-refractivity contribution >= 4 is 23.7 Å². The van der Waals surface area contributed by atoms with Crippen LogP contribution in [0.5, 0.6) is 0 Å². The lowest BCUT2D eigenvalue weighted by Crippen LogP contribution is -2.36. The average Bonchev–Trinajstić information content (AvgIpc) is 3.24. The van der Waals surface area contributed by atoms with E-state index in [2.05, 4.69) is 10.2 Å². The standard InChI is InChI=1S/C16H15N5O3S/c17-15(23)18-13(22)10-25-16-20-19-14(11-5-2-1-3-6-11)21(16)9-12-7-4-8-24-12/h1-8H,9-10H2,(H3,17,18,22,23). The van der Waals surface area contributed by atoms with E-state index in [-0.39, 0.29) is 5.75 Å². The van der Waals surface area contributed by atoms with Crippen molar-refractivity contribution in [2.45, 2.75) is 11.7 Å². The van der Waals surface area contributed by atoms with Gasteiger partial charge in [0.25, 0.3) is 0 Å². The molecule has 0 aliphatic heterocycles. The molecule has 3 aromatic rings. The Morgan fingerprint density at radius 2 is 1.96 bits per heavy atom. The molecule has 128 valence electrons. The zero-order valence-electron chi connectivity index (χ0n) is 13.1. The van der Waals surface area contributed by atoms with Gasteiger partial charge >= 0.3 is 6.03 Å². The van der Waals surface area contributed by atoms with E-state index < -0.39 is 11.9 Å². The van der Waals surface area contributed by atoms with Crippen molar-refractivity contribution in [2.24, 2.45) is 5.73 Å². The molecule has 0 atom stereocenters. The number of primary amides is 1. The molecule has 2 heterocycles. The normalized spacial score (nSPS) is 10.6. The number of urea groups is 1. The van der Waals surface area contributed by atoms with Crippen LogP contribution in [0.25, 0.3) is 11.4 Å². The van der Waals surface area contributed by atoms with E-state index in [0.29, 0.717) is 17.5 Å². The fraction of sp³-hybridized carbons (Fsp3) is 0.125. The number of rotatable bonds is 6. The maximum absolute atomic E-state index is 11.6. The van der Waals surface area contributed by atoms with Crippen LogP contribution < -0.4 is 11.1 Å². The van der Waals surface area contributed by atoms with Gasteiger partial charge in [-0.3, -0.25) is 14.7 Å². The minimum atomic E-state index is -0.882. The SMILES string of the molecule is NC(=O)NC(=O)CSc1nnc(-c2ccccc2)n1Cc1ccco1. The quantitative estimate of drug-likeness (QED) is 0.651. The van der Waals surface area contributed by atoms with E-state index in [1.165, 1.54) is 0 Å². The summed E-state index contributed by atoms with van der Waals surface area (Å²) in [4.78, 5) is 22.3. The van der Waals surface area contributed by atoms with E-state index in [1.54, 1.807) is 12.3 Å². The predicted octanol–water partition coefficient (Wildman–Crippen LogP) is 1.87. The smallest absolute Gasteiger partial charge is 0.318 e. The molecule has 3 amide bonds. The molecule has 0 saturated heterocycles. The van der Waals surface area contributed by atoms with Crippen LogP contribution in [0.2, 0.25) is 0 Å². The Labute approximate surface area is 147 Å². The minimum absolute atomic E-state index is 0.00593. The van der Waals surface area contributed by atoms with E-state index in [0.717, 1.165) is 23.1 Å². The third kappa shape index (κ3) is 4.27. The van der Waals surface area contributed by atoms with Gasteiger partial charge in [-0.05, 0) is 12.1 Å². The van der Waals surface area contributed by atoms with E-state index in [9.17, 15) is 9.59 Å². The van der Waals surface area contributed by atoms with Crippen LogP contribution in [0.15, 0.2) is 58.3 Å². The van der Waals surface area contributed by atoms with Crippen molar-refractivity contribution in [1.29, 1.82) is 0 Å². The first-order chi connectivity index (χ1) is 12.1. The summed E-state index contributed by atoms with van der Waals surface area (Å²) < 4.78 is 7.26. The second-order valence-corrected chi connectivity index (χ2v) is 5.98. The van der Waals surface area contributed by atoms with Crippen LogP contribution in [0.3, 0.4) is 0 Å². The van der Waals surface area contributed by atoms with Crippen LogP contribution in [0, 0.1) is 0 Å². The minimum Gasteiger partial charge on any atom is -0.467 e. The fourth-order valence-corrected chi connectivity index (χ4v) is 2.94. The topological polar surface area (TPSA) is 116 Å². The Morgan fingerprint density at radius 3 is 2.64 bits per heavy atom. The molecule has 0 aliphatic rings. The lowest BCUT2D eigenvalue weighted by molar-refractivity contribution is -0.117. The average molecular weight is 357 g/mol. The molecule has 0 unspecified atom stereocenters. The van der Waals surface area contributed by atoms with Gasteiger partial charge in [0.2, 0.25) is 5.91 Å².